The van der Waals surface area contributed by atoms with E-state index < -0.39 is 20.6 Å². The number of H-pyrrole nitrogens is 1. The summed E-state index contributed by atoms with van der Waals surface area (Å²) in [6.45, 7) is 1.97. The Morgan fingerprint density at radius 3 is 2.45 bits per heavy atom. The Bertz CT molecular complexity index is 1130. The minimum atomic E-state index is -3.65. The maximum absolute atomic E-state index is 13.0. The topological polar surface area (TPSA) is 107 Å². The van der Waals surface area contributed by atoms with Crippen molar-refractivity contribution in [3.63, 3.8) is 0 Å². The van der Waals surface area contributed by atoms with Crippen molar-refractivity contribution in [2.75, 3.05) is 18.6 Å². The molecule has 1 fully saturated rings. The predicted octanol–water partition coefficient (Wildman–Crippen LogP) is 4.07. The number of aromatic amines is 1. The monoisotopic (exact) mass is 435 g/mol. The van der Waals surface area contributed by atoms with Crippen LogP contribution in [0.25, 0.3) is 22.2 Å². The second-order valence-corrected chi connectivity index (χ2v) is 12.0. The van der Waals surface area contributed by atoms with Crippen molar-refractivity contribution in [2.24, 2.45) is 0 Å². The molecule has 0 atom stereocenters. The first kappa shape index (κ1) is 20.4. The molecule has 0 radical (unpaired) electrons. The molecule has 3 aromatic rings. The zero-order chi connectivity index (χ0) is 20.8. The van der Waals surface area contributed by atoms with E-state index in [1.54, 1.807) is 25.4 Å². The number of rotatable bonds is 4. The first-order valence-corrected chi connectivity index (χ1v) is 12.8. The molecule has 1 aromatic carbocycles. The van der Waals surface area contributed by atoms with Crippen molar-refractivity contribution in [1.82, 2.24) is 14.3 Å². The molecule has 9 heteroatoms. The molecule has 2 aromatic heterocycles. The zero-order valence-electron chi connectivity index (χ0n) is 16.4. The summed E-state index contributed by atoms with van der Waals surface area (Å²) in [6, 6.07) is 10.6. The number of nitrogens with zero attached hydrogens (tertiary/aromatic N) is 2. The van der Waals surface area contributed by atoms with Crippen LogP contribution in [0, 0.1) is 6.92 Å². The van der Waals surface area contributed by atoms with E-state index in [1.165, 1.54) is 4.31 Å². The molecule has 0 bridgehead atoms. The lowest BCUT2D eigenvalue weighted by Gasteiger charge is -2.41. The van der Waals surface area contributed by atoms with Gasteiger partial charge in [-0.05, 0) is 55.2 Å². The first-order valence-electron chi connectivity index (χ1n) is 9.44. The molecule has 1 aliphatic heterocycles. The van der Waals surface area contributed by atoms with E-state index in [4.69, 9.17) is 0 Å². The van der Waals surface area contributed by atoms with E-state index >= 15 is 0 Å². The fourth-order valence-corrected chi connectivity index (χ4v) is 6.76. The summed E-state index contributed by atoms with van der Waals surface area (Å²) in [7, 11) is -4.62. The summed E-state index contributed by atoms with van der Waals surface area (Å²) in [6.07, 6.45) is 2.65. The van der Waals surface area contributed by atoms with Gasteiger partial charge in [-0.25, -0.2) is 13.4 Å². The van der Waals surface area contributed by atoms with Gasteiger partial charge in [0.2, 0.25) is 10.0 Å². The van der Waals surface area contributed by atoms with Gasteiger partial charge in [-0.3, -0.25) is 9.11 Å². The van der Waals surface area contributed by atoms with E-state index in [-0.39, 0.29) is 22.4 Å². The minimum absolute atomic E-state index is 0.220. The third kappa shape index (κ3) is 3.93. The summed E-state index contributed by atoms with van der Waals surface area (Å²) in [5.74, 6) is 0.509. The van der Waals surface area contributed by atoms with E-state index in [2.05, 4.69) is 9.97 Å². The van der Waals surface area contributed by atoms with Crippen LogP contribution < -0.4 is 0 Å². The van der Waals surface area contributed by atoms with Crippen LogP contribution in [-0.4, -0.2) is 56.4 Å². The highest BCUT2D eigenvalue weighted by atomic mass is 32.3. The van der Waals surface area contributed by atoms with Gasteiger partial charge in [0.15, 0.2) is 0 Å². The second kappa shape index (κ2) is 7.41. The van der Waals surface area contributed by atoms with Gasteiger partial charge >= 0.3 is 0 Å². The van der Waals surface area contributed by atoms with Crippen molar-refractivity contribution in [2.45, 2.75) is 30.7 Å². The van der Waals surface area contributed by atoms with E-state index in [1.807, 2.05) is 31.2 Å². The molecule has 4 rings (SSSR count). The molecular formula is C20H25N3O4S2. The van der Waals surface area contributed by atoms with Gasteiger partial charge in [-0.15, -0.1) is 0 Å². The van der Waals surface area contributed by atoms with Crippen LogP contribution in [0.4, 0.5) is 0 Å². The molecule has 29 heavy (non-hydrogen) atoms. The normalized spacial score (nSPS) is 18.9. The fraction of sp³-hybridized carbons (Fsp3) is 0.350. The Hall–Kier alpha value is -1.91. The third-order valence-corrected chi connectivity index (χ3v) is 9.28. The number of hydrogen-bond acceptors (Lipinski definition) is 5. The van der Waals surface area contributed by atoms with Gasteiger partial charge in [0.25, 0.3) is 0 Å². The quantitative estimate of drug-likeness (QED) is 0.573. The van der Waals surface area contributed by atoms with Gasteiger partial charge in [0, 0.05) is 41.9 Å². The van der Waals surface area contributed by atoms with E-state index in [9.17, 15) is 17.5 Å². The van der Waals surface area contributed by atoms with E-state index in [0.29, 0.717) is 12.8 Å². The fourth-order valence-electron chi connectivity index (χ4n) is 3.84. The smallest absolute Gasteiger partial charge is 0.243 e. The van der Waals surface area contributed by atoms with Crippen molar-refractivity contribution in [3.8, 4) is 11.1 Å². The van der Waals surface area contributed by atoms with Crippen molar-refractivity contribution < 1.29 is 17.5 Å². The molecule has 0 unspecified atom stereocenters. The van der Waals surface area contributed by atoms with Crippen LogP contribution >= 0.6 is 10.6 Å². The van der Waals surface area contributed by atoms with Crippen LogP contribution in [0.15, 0.2) is 47.5 Å². The highest BCUT2D eigenvalue weighted by Gasteiger charge is 2.33. The predicted molar refractivity (Wildman–Crippen MR) is 117 cm³/mol. The number of fused-ring (bicyclic) bond motifs is 1. The number of hydrogen-bond donors (Lipinski definition) is 3. The molecule has 0 amide bonds. The minimum Gasteiger partial charge on any atom is -0.344 e. The van der Waals surface area contributed by atoms with Crippen molar-refractivity contribution in [3.05, 3.63) is 48.3 Å². The maximum atomic E-state index is 13.0. The molecule has 1 aliphatic rings. The molecule has 156 valence electrons. The van der Waals surface area contributed by atoms with Crippen molar-refractivity contribution >= 4 is 31.6 Å². The number of pyridine rings is 1. The van der Waals surface area contributed by atoms with Gasteiger partial charge in [0.1, 0.15) is 5.65 Å². The summed E-state index contributed by atoms with van der Waals surface area (Å²) >= 11 is 0. The lowest BCUT2D eigenvalue weighted by molar-refractivity contribution is 0.332. The van der Waals surface area contributed by atoms with Gasteiger partial charge in [0.05, 0.1) is 4.90 Å². The highest BCUT2D eigenvalue weighted by Crippen LogP contribution is 2.45. The third-order valence-electron chi connectivity index (χ3n) is 5.58. The Kier molecular flexibility index (Phi) is 5.20. The van der Waals surface area contributed by atoms with Gasteiger partial charge in [-0.2, -0.15) is 14.9 Å². The Morgan fingerprint density at radius 2 is 1.79 bits per heavy atom. The first-order chi connectivity index (χ1) is 13.7. The van der Waals surface area contributed by atoms with Gasteiger partial charge in [-0.1, -0.05) is 12.1 Å². The maximum Gasteiger partial charge on any atom is 0.243 e. The Morgan fingerprint density at radius 1 is 1.14 bits per heavy atom. The molecule has 0 aliphatic carbocycles. The summed E-state index contributed by atoms with van der Waals surface area (Å²) in [4.78, 5) is 7.78. The lowest BCUT2D eigenvalue weighted by Crippen LogP contribution is -2.41. The van der Waals surface area contributed by atoms with Crippen LogP contribution in [-0.2, 0) is 10.0 Å². The largest absolute Gasteiger partial charge is 0.344 e. The van der Waals surface area contributed by atoms with Gasteiger partial charge < -0.3 is 4.98 Å². The molecule has 1 saturated heterocycles. The summed E-state index contributed by atoms with van der Waals surface area (Å²) < 4.78 is 47.0. The molecule has 3 heterocycles. The Balaban J connectivity index is 1.60. The average molecular weight is 436 g/mol. The number of sulfonamides is 1. The molecule has 3 N–H and O–H groups in total. The summed E-state index contributed by atoms with van der Waals surface area (Å²) in [5.41, 5.74) is 3.74. The van der Waals surface area contributed by atoms with E-state index in [0.717, 1.165) is 27.9 Å². The van der Waals surface area contributed by atoms with Crippen LogP contribution in [0.5, 0.6) is 0 Å². The number of benzene rings is 1. The lowest BCUT2D eigenvalue weighted by atomic mass is 10.0. The SMILES string of the molecule is Cc1cc2c(-c3ccc(S(=O)(=O)N(C)C4CCS(O)(O)CC4)cc3)ccnc2[nH]1. The highest BCUT2D eigenvalue weighted by molar-refractivity contribution is 8.24. The van der Waals surface area contributed by atoms with Crippen LogP contribution in [0.2, 0.25) is 0 Å². The standard InChI is InChI=1S/C20H25N3O4S2/c1-14-13-19-18(7-10-21-20(19)22-14)15-3-5-17(6-4-15)29(26,27)23(2)16-8-11-28(24,25)12-9-16/h3-7,10,13,16,24-25H,8-9,11-12H2,1-2H3,(H,21,22). The van der Waals surface area contributed by atoms with Crippen LogP contribution in [0.1, 0.15) is 18.5 Å². The molecule has 0 saturated carbocycles. The zero-order valence-corrected chi connectivity index (χ0v) is 18.0. The average Bonchev–Trinajstić information content (AvgIpc) is 3.07. The second-order valence-electron chi connectivity index (χ2n) is 7.56. The Labute approximate surface area is 172 Å². The number of aromatic nitrogens is 2. The summed E-state index contributed by atoms with van der Waals surface area (Å²) in [5, 5.41) is 0.999. The molecular weight excluding hydrogens is 410 g/mol. The molecule has 7 nitrogen and oxygen atoms in total. The number of nitrogens with one attached hydrogen (secondary N) is 1. The van der Waals surface area contributed by atoms with Crippen molar-refractivity contribution in [1.29, 1.82) is 0 Å². The van der Waals surface area contributed by atoms with Crippen LogP contribution in [0.3, 0.4) is 0 Å². The molecule has 0 spiro atoms. The number of aryl methyl sites for hydroxylation is 1.